The molecular weight excluding hydrogens is 465 g/mol. The van der Waals surface area contributed by atoms with Crippen LogP contribution in [-0.2, 0) is 42.8 Å². The number of hydrogen-bond acceptors (Lipinski definition) is 9. The number of carbonyl (C=O) groups is 3. The number of rotatable bonds is 5. The highest BCUT2D eigenvalue weighted by Gasteiger charge is 2.66. The van der Waals surface area contributed by atoms with Gasteiger partial charge in [-0.2, -0.15) is 13.2 Å². The molecule has 0 aromatic rings. The molecule has 9 nitrogen and oxygen atoms in total. The minimum Gasteiger partial charge on any atom is -0.454 e. The lowest BCUT2D eigenvalue weighted by Gasteiger charge is -2.36. The predicted octanol–water partition coefficient (Wildman–Crippen LogP) is 2.78. The molecule has 0 radical (unpaired) electrons. The zero-order valence-corrected chi connectivity index (χ0v) is 19.4. The van der Waals surface area contributed by atoms with Gasteiger partial charge in [0.05, 0.1) is 11.3 Å². The molecule has 3 heterocycles. The van der Waals surface area contributed by atoms with E-state index in [1.807, 2.05) is 6.92 Å². The maximum atomic E-state index is 12.7. The van der Waals surface area contributed by atoms with Crippen LogP contribution in [0.2, 0.25) is 0 Å². The molecule has 3 aliphatic heterocycles. The van der Waals surface area contributed by atoms with Crippen molar-refractivity contribution in [2.45, 2.75) is 109 Å². The summed E-state index contributed by atoms with van der Waals surface area (Å²) in [6, 6.07) is 0. The van der Waals surface area contributed by atoms with Gasteiger partial charge in [0, 0.05) is 12.8 Å². The summed E-state index contributed by atoms with van der Waals surface area (Å²) >= 11 is 0. The van der Waals surface area contributed by atoms with Gasteiger partial charge in [0.1, 0.15) is 6.10 Å². The normalized spacial score (nSPS) is 38.3. The zero-order chi connectivity index (χ0) is 25.1. The molecule has 1 aliphatic carbocycles. The number of esters is 3. The highest BCUT2D eigenvalue weighted by molar-refractivity contribution is 5.84. The Morgan fingerprint density at radius 2 is 1.76 bits per heavy atom. The van der Waals surface area contributed by atoms with Gasteiger partial charge in [0.25, 0.3) is 0 Å². The monoisotopic (exact) mass is 494 g/mol. The van der Waals surface area contributed by atoms with Crippen LogP contribution in [0, 0.1) is 11.3 Å². The van der Waals surface area contributed by atoms with E-state index in [-0.39, 0.29) is 25.7 Å². The Morgan fingerprint density at radius 3 is 2.35 bits per heavy atom. The third-order valence-corrected chi connectivity index (χ3v) is 7.18. The van der Waals surface area contributed by atoms with E-state index >= 15 is 0 Å². The van der Waals surface area contributed by atoms with E-state index in [0.29, 0.717) is 6.42 Å². The van der Waals surface area contributed by atoms with Crippen LogP contribution in [0.1, 0.15) is 59.8 Å². The van der Waals surface area contributed by atoms with Crippen molar-refractivity contribution >= 4 is 17.9 Å². The predicted molar refractivity (Wildman–Crippen MR) is 105 cm³/mol. The van der Waals surface area contributed by atoms with Crippen LogP contribution in [0.15, 0.2) is 0 Å². The largest absolute Gasteiger partial charge is 0.454 e. The van der Waals surface area contributed by atoms with Gasteiger partial charge in [-0.05, 0) is 40.0 Å². The Labute approximate surface area is 194 Å². The topological polar surface area (TPSA) is 107 Å². The second-order valence-electron chi connectivity index (χ2n) is 9.94. The molecule has 1 saturated carbocycles. The third-order valence-electron chi connectivity index (χ3n) is 7.18. The van der Waals surface area contributed by atoms with E-state index < -0.39 is 78.0 Å². The van der Waals surface area contributed by atoms with E-state index in [4.69, 9.17) is 23.7 Å². The van der Waals surface area contributed by atoms with Crippen molar-refractivity contribution in [1.82, 2.24) is 0 Å². The summed E-state index contributed by atoms with van der Waals surface area (Å²) in [6.07, 6.45) is -9.91. The van der Waals surface area contributed by atoms with Gasteiger partial charge < -0.3 is 28.4 Å². The molecule has 4 rings (SSSR count). The Hall–Kier alpha value is -1.92. The highest BCUT2D eigenvalue weighted by Crippen LogP contribution is 2.49. The van der Waals surface area contributed by atoms with Crippen LogP contribution in [0.25, 0.3) is 0 Å². The van der Waals surface area contributed by atoms with E-state index in [1.54, 1.807) is 13.8 Å². The molecule has 34 heavy (non-hydrogen) atoms. The molecule has 6 atom stereocenters. The summed E-state index contributed by atoms with van der Waals surface area (Å²) in [5, 5.41) is 0. The molecule has 192 valence electrons. The summed E-state index contributed by atoms with van der Waals surface area (Å²) in [5.74, 6) is -3.96. The van der Waals surface area contributed by atoms with E-state index in [9.17, 15) is 27.6 Å². The molecule has 3 saturated heterocycles. The molecule has 1 spiro atoms. The lowest BCUT2D eigenvalue weighted by Crippen LogP contribution is -2.43. The van der Waals surface area contributed by atoms with Crippen molar-refractivity contribution < 1.29 is 56.0 Å². The molecule has 0 aromatic carbocycles. The van der Waals surface area contributed by atoms with Gasteiger partial charge >= 0.3 is 24.1 Å². The maximum Gasteiger partial charge on any atom is 0.425 e. The van der Waals surface area contributed by atoms with Gasteiger partial charge in [0.2, 0.25) is 6.10 Å². The van der Waals surface area contributed by atoms with Gasteiger partial charge in [-0.3, -0.25) is 9.59 Å². The second kappa shape index (κ2) is 8.63. The molecule has 0 bridgehead atoms. The van der Waals surface area contributed by atoms with Crippen molar-refractivity contribution in [3.05, 3.63) is 0 Å². The summed E-state index contributed by atoms with van der Waals surface area (Å²) in [7, 11) is 0. The Morgan fingerprint density at radius 1 is 1.12 bits per heavy atom. The number of carbonyl (C=O) groups excluding carboxylic acids is 3. The van der Waals surface area contributed by atoms with E-state index in [1.165, 1.54) is 0 Å². The standard InChI is InChI=1S/C22H29F3O9/c1-5-20(3,4)19(28)32-14-12-13(30-17(14)27)15-18(31-12)34-21(33-15)8-6-11(7-9-21)16(26)29-10(2)22(23,24)25/h10-15,18H,5-9H2,1-4H3/t10?,11?,12-,13-,14-,15+,18+,21?/m0/s1. The average Bonchev–Trinajstić information content (AvgIpc) is 3.36. The van der Waals surface area contributed by atoms with Crippen LogP contribution >= 0.6 is 0 Å². The van der Waals surface area contributed by atoms with E-state index in [0.717, 1.165) is 6.92 Å². The van der Waals surface area contributed by atoms with Gasteiger partial charge in [0.15, 0.2) is 30.4 Å². The molecule has 0 aromatic heterocycles. The first kappa shape index (κ1) is 25.2. The Balaban J connectivity index is 1.33. The quantitative estimate of drug-likeness (QED) is 0.421. The van der Waals surface area contributed by atoms with Crippen LogP contribution in [-0.4, -0.2) is 66.7 Å². The summed E-state index contributed by atoms with van der Waals surface area (Å²) < 4.78 is 71.3. The molecule has 4 aliphatic rings. The minimum absolute atomic E-state index is 0.211. The Kier molecular flexibility index (Phi) is 6.39. The molecule has 0 N–H and O–H groups in total. The van der Waals surface area contributed by atoms with Crippen molar-refractivity contribution in [2.24, 2.45) is 11.3 Å². The summed E-state index contributed by atoms with van der Waals surface area (Å²) in [6.45, 7) is 6.05. The Bertz CT molecular complexity index is 834. The zero-order valence-electron chi connectivity index (χ0n) is 19.4. The number of fused-ring (bicyclic) bond motifs is 3. The first-order chi connectivity index (χ1) is 15.8. The lowest BCUT2D eigenvalue weighted by molar-refractivity contribution is -0.251. The summed E-state index contributed by atoms with van der Waals surface area (Å²) in [4.78, 5) is 36.9. The van der Waals surface area contributed by atoms with E-state index in [2.05, 4.69) is 4.74 Å². The number of ether oxygens (including phenoxy) is 6. The minimum atomic E-state index is -4.62. The van der Waals surface area contributed by atoms with Crippen molar-refractivity contribution in [3.63, 3.8) is 0 Å². The number of alkyl halides is 3. The second-order valence-corrected chi connectivity index (χ2v) is 9.94. The number of hydrogen-bond donors (Lipinski definition) is 0. The van der Waals surface area contributed by atoms with Gasteiger partial charge in [-0.15, -0.1) is 0 Å². The lowest BCUT2D eigenvalue weighted by atomic mass is 9.85. The number of halogens is 3. The van der Waals surface area contributed by atoms with Crippen molar-refractivity contribution in [2.75, 3.05) is 0 Å². The molecule has 12 heteroatoms. The average molecular weight is 494 g/mol. The fourth-order valence-electron chi connectivity index (χ4n) is 4.47. The molecular formula is C22H29F3O9. The first-order valence-corrected chi connectivity index (χ1v) is 11.5. The van der Waals surface area contributed by atoms with Crippen LogP contribution in [0.5, 0.6) is 0 Å². The molecule has 4 fully saturated rings. The first-order valence-electron chi connectivity index (χ1n) is 11.5. The fraction of sp³-hybridized carbons (Fsp3) is 0.864. The van der Waals surface area contributed by atoms with Crippen molar-refractivity contribution in [3.8, 4) is 0 Å². The van der Waals surface area contributed by atoms with Gasteiger partial charge in [-0.1, -0.05) is 6.92 Å². The fourth-order valence-corrected chi connectivity index (χ4v) is 4.47. The highest BCUT2D eigenvalue weighted by atomic mass is 19.4. The van der Waals surface area contributed by atoms with Crippen LogP contribution in [0.4, 0.5) is 13.2 Å². The maximum absolute atomic E-state index is 12.7. The molecule has 1 unspecified atom stereocenters. The van der Waals surface area contributed by atoms with Crippen molar-refractivity contribution in [1.29, 1.82) is 0 Å². The third kappa shape index (κ3) is 4.51. The smallest absolute Gasteiger partial charge is 0.425 e. The summed E-state index contributed by atoms with van der Waals surface area (Å²) in [5.41, 5.74) is -0.776. The van der Waals surface area contributed by atoms with Crippen LogP contribution in [0.3, 0.4) is 0 Å². The molecule has 0 amide bonds. The SMILES string of the molecule is CCC(C)(C)C(=O)O[C@@H]1C(=O)O[C@@H]2[C@H]3OC4(CCC(C(=O)OC(C)C(F)(F)F)CC4)O[C@H]3O[C@@H]21. The van der Waals surface area contributed by atoms with Gasteiger partial charge in [-0.25, -0.2) is 4.79 Å². The van der Waals surface area contributed by atoms with Crippen LogP contribution < -0.4 is 0 Å².